The molecule has 3 aromatic carbocycles. The van der Waals surface area contributed by atoms with Crippen LogP contribution in [-0.2, 0) is 16.4 Å². The van der Waals surface area contributed by atoms with Gasteiger partial charge in [-0.2, -0.15) is 0 Å². The van der Waals surface area contributed by atoms with Crippen LogP contribution in [-0.4, -0.2) is 63.5 Å². The third kappa shape index (κ3) is 6.41. The summed E-state index contributed by atoms with van der Waals surface area (Å²) in [6.07, 6.45) is 1.62. The van der Waals surface area contributed by atoms with E-state index in [2.05, 4.69) is 18.7 Å². The van der Waals surface area contributed by atoms with E-state index in [1.165, 1.54) is 27.8 Å². The lowest BCUT2D eigenvalue weighted by atomic mass is 10.0. The molecule has 0 saturated heterocycles. The van der Waals surface area contributed by atoms with Gasteiger partial charge in [0, 0.05) is 25.2 Å². The van der Waals surface area contributed by atoms with Crippen LogP contribution in [0, 0.1) is 0 Å². The highest BCUT2D eigenvalue weighted by molar-refractivity contribution is 7.92. The Kier molecular flexibility index (Phi) is 10.5. The molecule has 0 unspecified atom stereocenters. The molecule has 0 N–H and O–H groups in total. The van der Waals surface area contributed by atoms with Crippen LogP contribution in [0.4, 0.5) is 10.8 Å². The summed E-state index contributed by atoms with van der Waals surface area (Å²) >= 11 is 1.45. The molecule has 0 fully saturated rings. The highest BCUT2D eigenvalue weighted by atomic mass is 35.5. The van der Waals surface area contributed by atoms with E-state index in [4.69, 9.17) is 9.72 Å². The minimum Gasteiger partial charge on any atom is -0.492 e. The average Bonchev–Trinajstić information content (AvgIpc) is 3.44. The minimum atomic E-state index is -3.77. The fraction of sp³-hybridized carbons (Fsp3) is 0.355. The number of amides is 1. The van der Waals surface area contributed by atoms with Crippen LogP contribution in [0.3, 0.4) is 0 Å². The molecule has 0 spiro atoms. The van der Waals surface area contributed by atoms with Crippen LogP contribution in [0.2, 0.25) is 0 Å². The van der Waals surface area contributed by atoms with E-state index in [1.807, 2.05) is 49.4 Å². The number of thiazole rings is 1. The first-order chi connectivity index (χ1) is 19.9. The zero-order valence-electron chi connectivity index (χ0n) is 24.2. The van der Waals surface area contributed by atoms with Crippen LogP contribution in [0.1, 0.15) is 43.1 Å². The molecule has 1 amide bonds. The van der Waals surface area contributed by atoms with Crippen molar-refractivity contribution >= 4 is 60.7 Å². The molecule has 1 aliphatic rings. The lowest BCUT2D eigenvalue weighted by molar-refractivity contribution is 0.0983. The Labute approximate surface area is 258 Å². The molecule has 2 heterocycles. The number of aromatic nitrogens is 1. The number of anilines is 2. The van der Waals surface area contributed by atoms with Gasteiger partial charge in [0.15, 0.2) is 5.13 Å². The van der Waals surface area contributed by atoms with E-state index in [-0.39, 0.29) is 23.2 Å². The lowest BCUT2D eigenvalue weighted by Crippen LogP contribution is -2.39. The molecule has 0 bridgehead atoms. The molecule has 42 heavy (non-hydrogen) atoms. The number of sulfonamides is 1. The molecular weight excluding hydrogens is 592 g/mol. The Balaban J connectivity index is 0.00000405. The molecule has 0 atom stereocenters. The number of fused-ring (bicyclic) bond motifs is 2. The summed E-state index contributed by atoms with van der Waals surface area (Å²) in [6, 6.07) is 19.7. The summed E-state index contributed by atoms with van der Waals surface area (Å²) in [4.78, 5) is 22.9. The summed E-state index contributed by atoms with van der Waals surface area (Å²) in [5.74, 6) is 0.471. The topological polar surface area (TPSA) is 83.0 Å². The van der Waals surface area contributed by atoms with Gasteiger partial charge >= 0.3 is 0 Å². The van der Waals surface area contributed by atoms with Gasteiger partial charge in [-0.25, -0.2) is 13.4 Å². The number of ether oxygens (including phenoxy) is 1. The molecule has 11 heteroatoms. The van der Waals surface area contributed by atoms with E-state index < -0.39 is 10.0 Å². The summed E-state index contributed by atoms with van der Waals surface area (Å²) < 4.78 is 35.4. The molecular formula is C31H37ClN4O4S2. The van der Waals surface area contributed by atoms with E-state index >= 15 is 0 Å². The molecule has 8 nitrogen and oxygen atoms in total. The molecule has 224 valence electrons. The van der Waals surface area contributed by atoms with Gasteiger partial charge < -0.3 is 9.64 Å². The second-order valence-corrected chi connectivity index (χ2v) is 12.7. The maximum atomic E-state index is 13.9. The van der Waals surface area contributed by atoms with Crippen molar-refractivity contribution in [3.05, 3.63) is 77.9 Å². The predicted molar refractivity (Wildman–Crippen MR) is 173 cm³/mol. The maximum absolute atomic E-state index is 13.9. The van der Waals surface area contributed by atoms with Gasteiger partial charge in [-0.3, -0.25) is 14.0 Å². The van der Waals surface area contributed by atoms with E-state index in [0.717, 1.165) is 47.4 Å². The fourth-order valence-corrected chi connectivity index (χ4v) is 7.71. The number of rotatable bonds is 11. The van der Waals surface area contributed by atoms with E-state index in [0.29, 0.717) is 42.7 Å². The Bertz CT molecular complexity index is 1620. The van der Waals surface area contributed by atoms with Gasteiger partial charge in [-0.1, -0.05) is 49.4 Å². The third-order valence-corrected chi connectivity index (χ3v) is 10.3. The highest BCUT2D eigenvalue weighted by Gasteiger charge is 2.29. The largest absolute Gasteiger partial charge is 0.492 e. The summed E-state index contributed by atoms with van der Waals surface area (Å²) in [5.41, 5.74) is 2.90. The molecule has 4 aromatic rings. The standard InChI is InChI=1S/C31H36N4O4S2.ClH/c1-4-33(5-2)21-22-34(31-32-29-27(39-6-3)14-9-15-28(29)40-31)30(36)24-16-18-25(19-17-24)41(37,38)35-20-10-12-23-11-7-8-13-26(23)35;/h7-9,11,13-19H,4-6,10,12,20-22H2,1-3H3;1H. The van der Waals surface area contributed by atoms with Gasteiger partial charge in [0.25, 0.3) is 15.9 Å². The van der Waals surface area contributed by atoms with E-state index in [1.54, 1.807) is 17.0 Å². The quantitative estimate of drug-likeness (QED) is 0.195. The van der Waals surface area contributed by atoms with Crippen molar-refractivity contribution in [2.45, 2.75) is 38.5 Å². The van der Waals surface area contributed by atoms with Gasteiger partial charge in [0.05, 0.1) is 21.9 Å². The number of benzene rings is 3. The van der Waals surface area contributed by atoms with Crippen LogP contribution in [0.5, 0.6) is 5.75 Å². The van der Waals surface area contributed by atoms with Crippen LogP contribution in [0.15, 0.2) is 71.6 Å². The van der Waals surface area contributed by atoms with E-state index in [9.17, 15) is 13.2 Å². The first-order valence-corrected chi connectivity index (χ1v) is 16.4. The average molecular weight is 629 g/mol. The minimum absolute atomic E-state index is 0. The normalized spacial score (nSPS) is 13.1. The number of nitrogens with zero attached hydrogens (tertiary/aromatic N) is 4. The molecule has 5 rings (SSSR count). The predicted octanol–water partition coefficient (Wildman–Crippen LogP) is 6.25. The molecule has 0 saturated carbocycles. The number of halogens is 1. The smallest absolute Gasteiger partial charge is 0.264 e. The number of likely N-dealkylation sites (N-methyl/N-ethyl adjacent to an activating group) is 1. The highest BCUT2D eigenvalue weighted by Crippen LogP contribution is 2.35. The lowest BCUT2D eigenvalue weighted by Gasteiger charge is -2.30. The second kappa shape index (κ2) is 13.9. The van der Waals surface area contributed by atoms with Gasteiger partial charge in [0.2, 0.25) is 0 Å². The second-order valence-electron chi connectivity index (χ2n) is 9.85. The van der Waals surface area contributed by atoms with Crippen LogP contribution >= 0.6 is 23.7 Å². The number of carbonyl (C=O) groups excluding carboxylic acids is 1. The van der Waals surface area contributed by atoms with Crippen LogP contribution < -0.4 is 13.9 Å². The Morgan fingerprint density at radius 3 is 2.43 bits per heavy atom. The van der Waals surface area contributed by atoms with Crippen molar-refractivity contribution in [2.24, 2.45) is 0 Å². The van der Waals surface area contributed by atoms with Crippen molar-refractivity contribution in [3.63, 3.8) is 0 Å². The molecule has 1 aliphatic heterocycles. The Morgan fingerprint density at radius 2 is 1.71 bits per heavy atom. The number of aryl methyl sites for hydroxylation is 1. The molecule has 0 aliphatic carbocycles. The van der Waals surface area contributed by atoms with Crippen molar-refractivity contribution in [3.8, 4) is 5.75 Å². The Hall–Kier alpha value is -3.18. The first kappa shape index (κ1) is 31.7. The summed E-state index contributed by atoms with van der Waals surface area (Å²) in [7, 11) is -3.77. The van der Waals surface area contributed by atoms with Crippen molar-refractivity contribution in [1.82, 2.24) is 9.88 Å². The summed E-state index contributed by atoms with van der Waals surface area (Å²) in [5, 5.41) is 0.589. The van der Waals surface area contributed by atoms with Gasteiger partial charge in [-0.15, -0.1) is 12.4 Å². The fourth-order valence-electron chi connectivity index (χ4n) is 5.17. The zero-order valence-corrected chi connectivity index (χ0v) is 26.6. The van der Waals surface area contributed by atoms with Crippen molar-refractivity contribution in [2.75, 3.05) is 48.5 Å². The summed E-state index contributed by atoms with van der Waals surface area (Å²) in [6.45, 7) is 9.97. The molecule has 0 radical (unpaired) electrons. The maximum Gasteiger partial charge on any atom is 0.264 e. The Morgan fingerprint density at radius 1 is 0.976 bits per heavy atom. The van der Waals surface area contributed by atoms with Gasteiger partial charge in [0.1, 0.15) is 11.3 Å². The number of hydrogen-bond donors (Lipinski definition) is 0. The molecule has 1 aromatic heterocycles. The zero-order chi connectivity index (χ0) is 29.0. The van der Waals surface area contributed by atoms with Crippen molar-refractivity contribution < 1.29 is 17.9 Å². The monoisotopic (exact) mass is 628 g/mol. The SMILES string of the molecule is CCOc1cccc2sc(N(CCN(CC)CC)C(=O)c3ccc(S(=O)(=O)N4CCCc5ccccc54)cc3)nc12.Cl. The number of hydrogen-bond acceptors (Lipinski definition) is 7. The first-order valence-electron chi connectivity index (χ1n) is 14.1. The van der Waals surface area contributed by atoms with Crippen LogP contribution in [0.25, 0.3) is 10.2 Å². The third-order valence-electron chi connectivity index (χ3n) is 7.44. The number of para-hydroxylation sites is 2. The van der Waals surface area contributed by atoms with Gasteiger partial charge in [-0.05, 0) is 80.9 Å². The van der Waals surface area contributed by atoms with Crippen molar-refractivity contribution in [1.29, 1.82) is 0 Å². The number of carbonyl (C=O) groups is 1.